The fourth-order valence-electron chi connectivity index (χ4n) is 9.70. The van der Waals surface area contributed by atoms with Crippen molar-refractivity contribution in [2.75, 3.05) is 13.2 Å². The lowest BCUT2D eigenvalue weighted by atomic mass is 10.0. The molecule has 0 aliphatic carbocycles. The van der Waals surface area contributed by atoms with Gasteiger partial charge in [-0.2, -0.15) is 0 Å². The summed E-state index contributed by atoms with van der Waals surface area (Å²) in [6.07, 6.45) is 91.7. The molecule has 460 valence electrons. The molecule has 0 bridgehead atoms. The molecule has 0 fully saturated rings. The van der Waals surface area contributed by atoms with Crippen LogP contribution in [-0.2, 0) is 28.6 Å². The lowest BCUT2D eigenvalue weighted by Crippen LogP contribution is -2.30. The summed E-state index contributed by atoms with van der Waals surface area (Å²) in [7, 11) is 0. The van der Waals surface area contributed by atoms with E-state index >= 15 is 0 Å². The van der Waals surface area contributed by atoms with Gasteiger partial charge in [0.15, 0.2) is 6.10 Å². The number of carbonyl (C=O) groups excluding carboxylic acids is 3. The monoisotopic (exact) mass is 1110 g/mol. The highest BCUT2D eigenvalue weighted by Gasteiger charge is 2.19. The quantitative estimate of drug-likeness (QED) is 0.0261. The van der Waals surface area contributed by atoms with Gasteiger partial charge in [-0.05, 0) is 109 Å². The minimum atomic E-state index is -0.822. The smallest absolute Gasteiger partial charge is 0.306 e. The van der Waals surface area contributed by atoms with E-state index in [4.69, 9.17) is 14.2 Å². The molecule has 0 saturated carbocycles. The van der Waals surface area contributed by atoms with Gasteiger partial charge in [-0.3, -0.25) is 14.4 Å². The van der Waals surface area contributed by atoms with Crippen molar-refractivity contribution in [3.8, 4) is 0 Å². The lowest BCUT2D eigenvalue weighted by Gasteiger charge is -2.18. The molecule has 1 atom stereocenters. The molecular formula is C74H128O6. The molecule has 0 aromatic heterocycles. The van der Waals surface area contributed by atoms with E-state index in [-0.39, 0.29) is 31.6 Å². The Morgan fingerprint density at radius 2 is 0.512 bits per heavy atom. The number of allylic oxidation sites excluding steroid dienone is 16. The summed E-state index contributed by atoms with van der Waals surface area (Å²) in [5.41, 5.74) is 0. The summed E-state index contributed by atoms with van der Waals surface area (Å²) in [4.78, 5) is 38.3. The van der Waals surface area contributed by atoms with Gasteiger partial charge >= 0.3 is 17.9 Å². The van der Waals surface area contributed by atoms with Crippen molar-refractivity contribution in [2.24, 2.45) is 0 Å². The standard InChI is InChI=1S/C74H128O6/c1-4-7-10-13-16-19-22-25-28-30-32-33-34-35-36-37-38-39-40-41-43-44-46-49-52-55-58-61-64-67-73(76)79-70-71(69-78-72(75)66-63-60-57-54-51-48-27-24-21-18-15-12-9-6-3)80-74(77)68-65-62-59-56-53-50-47-45-42-31-29-26-23-20-17-14-11-8-5-2/h8,11,17,20,24,26-27,29-30,32,42,45,50,53,59,62,71H,4-7,9-10,12-16,18-19,21-23,25,28,31,33-41,43-44,46-49,51-52,54-58,60-61,63-70H2,1-3H3/b11-8-,20-17-,27-24-,29-26-,32-30-,45-42-,53-50-,62-59-. The van der Waals surface area contributed by atoms with Crippen molar-refractivity contribution in [1.82, 2.24) is 0 Å². The van der Waals surface area contributed by atoms with E-state index in [9.17, 15) is 14.4 Å². The number of unbranched alkanes of at least 4 members (excludes halogenated alkanes) is 35. The average molecular weight is 1110 g/mol. The zero-order chi connectivity index (χ0) is 57.8. The third-order valence-corrected chi connectivity index (χ3v) is 14.8. The van der Waals surface area contributed by atoms with Crippen LogP contribution >= 0.6 is 0 Å². The second-order valence-electron chi connectivity index (χ2n) is 22.7. The van der Waals surface area contributed by atoms with E-state index in [0.29, 0.717) is 19.3 Å². The number of hydrogen-bond donors (Lipinski definition) is 0. The predicted octanol–water partition coefficient (Wildman–Crippen LogP) is 23.6. The van der Waals surface area contributed by atoms with Crippen LogP contribution in [0, 0.1) is 0 Å². The highest BCUT2D eigenvalue weighted by atomic mass is 16.6. The van der Waals surface area contributed by atoms with E-state index < -0.39 is 12.1 Å². The molecule has 0 N–H and O–H groups in total. The van der Waals surface area contributed by atoms with Crippen molar-refractivity contribution in [1.29, 1.82) is 0 Å². The first-order chi connectivity index (χ1) is 39.5. The molecule has 0 amide bonds. The molecule has 0 radical (unpaired) electrons. The molecule has 1 unspecified atom stereocenters. The van der Waals surface area contributed by atoms with Crippen LogP contribution < -0.4 is 0 Å². The number of ether oxygens (including phenoxy) is 3. The van der Waals surface area contributed by atoms with Gasteiger partial charge in [-0.25, -0.2) is 0 Å². The minimum absolute atomic E-state index is 0.108. The van der Waals surface area contributed by atoms with Gasteiger partial charge in [0, 0.05) is 19.3 Å². The van der Waals surface area contributed by atoms with Gasteiger partial charge in [0.2, 0.25) is 0 Å². The summed E-state index contributed by atoms with van der Waals surface area (Å²) in [6.45, 7) is 6.48. The molecule has 0 aromatic rings. The summed E-state index contributed by atoms with van der Waals surface area (Å²) >= 11 is 0. The maximum absolute atomic E-state index is 12.9. The first-order valence-corrected chi connectivity index (χ1v) is 34.2. The number of esters is 3. The molecule has 0 aliphatic heterocycles. The van der Waals surface area contributed by atoms with Crippen molar-refractivity contribution in [2.45, 2.75) is 341 Å². The van der Waals surface area contributed by atoms with Crippen molar-refractivity contribution in [3.63, 3.8) is 0 Å². The van der Waals surface area contributed by atoms with Crippen LogP contribution in [-0.4, -0.2) is 37.2 Å². The average Bonchev–Trinajstić information content (AvgIpc) is 3.46. The maximum atomic E-state index is 12.9. The Bertz CT molecular complexity index is 1560. The van der Waals surface area contributed by atoms with Gasteiger partial charge in [-0.1, -0.05) is 304 Å². The van der Waals surface area contributed by atoms with Crippen LogP contribution in [0.1, 0.15) is 335 Å². The number of carbonyl (C=O) groups is 3. The van der Waals surface area contributed by atoms with Crippen LogP contribution in [0.3, 0.4) is 0 Å². The summed E-state index contributed by atoms with van der Waals surface area (Å²) in [5, 5.41) is 0. The van der Waals surface area contributed by atoms with Gasteiger partial charge in [0.1, 0.15) is 13.2 Å². The largest absolute Gasteiger partial charge is 0.462 e. The predicted molar refractivity (Wildman–Crippen MR) is 348 cm³/mol. The van der Waals surface area contributed by atoms with Crippen molar-refractivity contribution < 1.29 is 28.6 Å². The fourth-order valence-corrected chi connectivity index (χ4v) is 9.70. The Hall–Kier alpha value is -3.67. The van der Waals surface area contributed by atoms with E-state index in [1.807, 2.05) is 6.08 Å². The summed E-state index contributed by atoms with van der Waals surface area (Å²) < 4.78 is 16.9. The molecule has 0 aromatic carbocycles. The second kappa shape index (κ2) is 67.8. The van der Waals surface area contributed by atoms with Gasteiger partial charge in [-0.15, -0.1) is 0 Å². The zero-order valence-electron chi connectivity index (χ0n) is 52.8. The Kier molecular flexibility index (Phi) is 64.7. The van der Waals surface area contributed by atoms with Crippen LogP contribution in [0.15, 0.2) is 97.2 Å². The molecule has 0 spiro atoms. The molecule has 6 heteroatoms. The Morgan fingerprint density at radius 3 is 0.812 bits per heavy atom. The Morgan fingerprint density at radius 1 is 0.263 bits per heavy atom. The Balaban J connectivity index is 4.32. The van der Waals surface area contributed by atoms with Crippen molar-refractivity contribution in [3.05, 3.63) is 97.2 Å². The van der Waals surface area contributed by atoms with Crippen LogP contribution in [0.2, 0.25) is 0 Å². The molecule has 6 nitrogen and oxygen atoms in total. The van der Waals surface area contributed by atoms with Gasteiger partial charge in [0.05, 0.1) is 0 Å². The van der Waals surface area contributed by atoms with E-state index in [0.717, 1.165) is 89.9 Å². The fraction of sp³-hybridized carbons (Fsp3) is 0.743. The van der Waals surface area contributed by atoms with Crippen LogP contribution in [0.4, 0.5) is 0 Å². The first kappa shape index (κ1) is 76.3. The topological polar surface area (TPSA) is 78.9 Å². The second-order valence-corrected chi connectivity index (χ2v) is 22.7. The molecular weight excluding hydrogens is 985 g/mol. The van der Waals surface area contributed by atoms with Gasteiger partial charge < -0.3 is 14.2 Å². The third-order valence-electron chi connectivity index (χ3n) is 14.8. The number of hydrogen-bond acceptors (Lipinski definition) is 6. The first-order valence-electron chi connectivity index (χ1n) is 34.2. The van der Waals surface area contributed by atoms with Crippen LogP contribution in [0.5, 0.6) is 0 Å². The van der Waals surface area contributed by atoms with Crippen molar-refractivity contribution >= 4 is 17.9 Å². The van der Waals surface area contributed by atoms with E-state index in [2.05, 4.69) is 112 Å². The zero-order valence-corrected chi connectivity index (χ0v) is 52.8. The third kappa shape index (κ3) is 65.1. The molecule has 80 heavy (non-hydrogen) atoms. The molecule has 0 heterocycles. The Labute approximate surface area is 496 Å². The molecule has 0 rings (SSSR count). The lowest BCUT2D eigenvalue weighted by molar-refractivity contribution is -0.166. The van der Waals surface area contributed by atoms with Gasteiger partial charge in [0.25, 0.3) is 0 Å². The van der Waals surface area contributed by atoms with E-state index in [1.165, 1.54) is 199 Å². The SMILES string of the molecule is CC/C=C\C/C=C\C/C=C\C/C=C\C/C=C\C/C=C\CCC(=O)OC(COC(=O)CCCCCCC/C=C\CCCCCCC)COC(=O)CCCCCCCCCCCCCCCCCCC/C=C\CCCCCCCCCC. The maximum Gasteiger partial charge on any atom is 0.306 e. The summed E-state index contributed by atoms with van der Waals surface area (Å²) in [5.74, 6) is -0.990. The number of rotatable bonds is 62. The highest BCUT2D eigenvalue weighted by Crippen LogP contribution is 2.17. The normalized spacial score (nSPS) is 12.7. The molecule has 0 saturated heterocycles. The van der Waals surface area contributed by atoms with Crippen LogP contribution in [0.25, 0.3) is 0 Å². The molecule has 0 aliphatic rings. The minimum Gasteiger partial charge on any atom is -0.462 e. The van der Waals surface area contributed by atoms with E-state index in [1.54, 1.807) is 0 Å². The highest BCUT2D eigenvalue weighted by molar-refractivity contribution is 5.71. The summed E-state index contributed by atoms with van der Waals surface area (Å²) in [6, 6.07) is 0.